The van der Waals surface area contributed by atoms with Gasteiger partial charge in [-0.2, -0.15) is 4.37 Å². The summed E-state index contributed by atoms with van der Waals surface area (Å²) in [6, 6.07) is 3.64. The molecule has 0 fully saturated rings. The largest absolute Gasteiger partial charge is 0.467 e. The number of hydrogen-bond donors (Lipinski definition) is 2. The second kappa shape index (κ2) is 5.09. The van der Waals surface area contributed by atoms with Gasteiger partial charge < -0.3 is 14.8 Å². The lowest BCUT2D eigenvalue weighted by atomic mass is 10.1. The zero-order valence-electron chi connectivity index (χ0n) is 8.88. The first-order valence-electron chi connectivity index (χ1n) is 5.00. The van der Waals surface area contributed by atoms with Crippen LogP contribution in [0.1, 0.15) is 24.0 Å². The minimum atomic E-state index is -0.0626. The van der Waals surface area contributed by atoms with Crippen LogP contribution >= 0.6 is 11.5 Å². The van der Waals surface area contributed by atoms with Gasteiger partial charge in [0.05, 0.1) is 12.3 Å². The average molecular weight is 239 g/mol. The molecule has 5 nitrogen and oxygen atoms in total. The number of aliphatic hydroxyl groups is 1. The lowest BCUT2D eigenvalue weighted by molar-refractivity contribution is 0.273. The first kappa shape index (κ1) is 11.1. The Kier molecular flexibility index (Phi) is 3.53. The summed E-state index contributed by atoms with van der Waals surface area (Å²) in [5.41, 5.74) is 0. The third kappa shape index (κ3) is 2.59. The van der Waals surface area contributed by atoms with E-state index in [0.717, 1.165) is 16.7 Å². The van der Waals surface area contributed by atoms with Crippen molar-refractivity contribution in [2.75, 3.05) is 11.9 Å². The SMILES string of the molecule is Cc1nsc(NC(CCO)c2ccco2)n1. The van der Waals surface area contributed by atoms with Crippen LogP contribution in [0, 0.1) is 6.92 Å². The van der Waals surface area contributed by atoms with Gasteiger partial charge in [-0.1, -0.05) is 0 Å². The van der Waals surface area contributed by atoms with Crippen molar-refractivity contribution in [1.82, 2.24) is 9.36 Å². The quantitative estimate of drug-likeness (QED) is 0.834. The second-order valence-electron chi connectivity index (χ2n) is 3.37. The lowest BCUT2D eigenvalue weighted by Crippen LogP contribution is -2.11. The molecule has 0 aromatic carbocycles. The Balaban J connectivity index is 2.09. The number of rotatable bonds is 5. The van der Waals surface area contributed by atoms with Gasteiger partial charge in [-0.05, 0) is 25.5 Å². The van der Waals surface area contributed by atoms with Crippen LogP contribution in [0.3, 0.4) is 0 Å². The van der Waals surface area contributed by atoms with E-state index in [0.29, 0.717) is 6.42 Å². The van der Waals surface area contributed by atoms with Crippen molar-refractivity contribution in [3.05, 3.63) is 30.0 Å². The number of anilines is 1. The smallest absolute Gasteiger partial charge is 0.203 e. The molecule has 0 aliphatic rings. The Morgan fingerprint density at radius 2 is 2.50 bits per heavy atom. The van der Waals surface area contributed by atoms with Gasteiger partial charge in [-0.25, -0.2) is 4.98 Å². The van der Waals surface area contributed by atoms with Gasteiger partial charge >= 0.3 is 0 Å². The summed E-state index contributed by atoms with van der Waals surface area (Å²) in [6.07, 6.45) is 2.19. The number of aromatic nitrogens is 2. The van der Waals surface area contributed by atoms with Crippen molar-refractivity contribution >= 4 is 16.7 Å². The van der Waals surface area contributed by atoms with E-state index < -0.39 is 0 Å². The van der Waals surface area contributed by atoms with Crippen LogP contribution in [0.5, 0.6) is 0 Å². The Morgan fingerprint density at radius 3 is 3.06 bits per heavy atom. The molecule has 2 N–H and O–H groups in total. The van der Waals surface area contributed by atoms with Gasteiger partial charge in [0.25, 0.3) is 0 Å². The van der Waals surface area contributed by atoms with Gasteiger partial charge in [0.2, 0.25) is 5.13 Å². The molecule has 1 atom stereocenters. The predicted octanol–water partition coefficient (Wildman–Crippen LogP) is 1.98. The van der Waals surface area contributed by atoms with Crippen molar-refractivity contribution in [2.45, 2.75) is 19.4 Å². The topological polar surface area (TPSA) is 71.2 Å². The maximum atomic E-state index is 9.00. The highest BCUT2D eigenvalue weighted by Gasteiger charge is 2.15. The van der Waals surface area contributed by atoms with Crippen LogP contribution in [0.25, 0.3) is 0 Å². The first-order chi connectivity index (χ1) is 7.79. The highest BCUT2D eigenvalue weighted by Crippen LogP contribution is 2.23. The third-order valence-corrected chi connectivity index (χ3v) is 2.87. The fourth-order valence-electron chi connectivity index (χ4n) is 1.41. The molecule has 6 heteroatoms. The van der Waals surface area contributed by atoms with Crippen LogP contribution in [0.4, 0.5) is 5.13 Å². The van der Waals surface area contributed by atoms with Gasteiger partial charge in [0, 0.05) is 18.1 Å². The number of hydrogen-bond acceptors (Lipinski definition) is 6. The summed E-state index contributed by atoms with van der Waals surface area (Å²) >= 11 is 1.31. The van der Waals surface area contributed by atoms with E-state index in [2.05, 4.69) is 14.7 Å². The molecule has 0 aliphatic heterocycles. The molecule has 1 unspecified atom stereocenters. The summed E-state index contributed by atoms with van der Waals surface area (Å²) < 4.78 is 9.40. The van der Waals surface area contributed by atoms with Crippen LogP contribution in [-0.2, 0) is 0 Å². The van der Waals surface area contributed by atoms with Crippen molar-refractivity contribution < 1.29 is 9.52 Å². The summed E-state index contributed by atoms with van der Waals surface area (Å²) in [7, 11) is 0. The molecule has 0 saturated carbocycles. The van der Waals surface area contributed by atoms with Gasteiger partial charge in [-0.15, -0.1) is 0 Å². The molecule has 0 saturated heterocycles. The van der Waals surface area contributed by atoms with E-state index in [4.69, 9.17) is 9.52 Å². The molecule has 2 rings (SSSR count). The Morgan fingerprint density at radius 1 is 1.62 bits per heavy atom. The predicted molar refractivity (Wildman–Crippen MR) is 61.4 cm³/mol. The molecule has 0 spiro atoms. The van der Waals surface area contributed by atoms with Gasteiger partial charge in [-0.3, -0.25) is 0 Å². The number of nitrogens with one attached hydrogen (secondary N) is 1. The summed E-state index contributed by atoms with van der Waals surface area (Å²) in [5, 5.41) is 12.9. The van der Waals surface area contributed by atoms with Crippen molar-refractivity contribution in [3.8, 4) is 0 Å². The molecule has 0 bridgehead atoms. The van der Waals surface area contributed by atoms with E-state index in [-0.39, 0.29) is 12.6 Å². The van der Waals surface area contributed by atoms with E-state index in [9.17, 15) is 0 Å². The standard InChI is InChI=1S/C10H13N3O2S/c1-7-11-10(16-13-7)12-8(4-5-14)9-3-2-6-15-9/h2-3,6,8,14H,4-5H2,1H3,(H,11,12,13). The second-order valence-corrected chi connectivity index (χ2v) is 4.12. The highest BCUT2D eigenvalue weighted by molar-refractivity contribution is 7.09. The van der Waals surface area contributed by atoms with Crippen LogP contribution < -0.4 is 5.32 Å². The van der Waals surface area contributed by atoms with E-state index >= 15 is 0 Å². The average Bonchev–Trinajstić information content (AvgIpc) is 2.88. The normalized spacial score (nSPS) is 12.6. The van der Waals surface area contributed by atoms with E-state index in [1.165, 1.54) is 11.5 Å². The highest BCUT2D eigenvalue weighted by atomic mass is 32.1. The minimum Gasteiger partial charge on any atom is -0.467 e. The van der Waals surface area contributed by atoms with Gasteiger partial charge in [0.15, 0.2) is 0 Å². The summed E-state index contributed by atoms with van der Waals surface area (Å²) in [4.78, 5) is 4.22. The Labute approximate surface area is 97.3 Å². The molecule has 16 heavy (non-hydrogen) atoms. The van der Waals surface area contributed by atoms with E-state index in [1.54, 1.807) is 6.26 Å². The molecule has 2 aromatic heterocycles. The maximum absolute atomic E-state index is 9.00. The number of furan rings is 1. The summed E-state index contributed by atoms with van der Waals surface area (Å²) in [6.45, 7) is 1.94. The third-order valence-electron chi connectivity index (χ3n) is 2.13. The number of aliphatic hydroxyl groups excluding tert-OH is 1. The van der Waals surface area contributed by atoms with Crippen molar-refractivity contribution in [2.24, 2.45) is 0 Å². The van der Waals surface area contributed by atoms with Crippen LogP contribution in [0.2, 0.25) is 0 Å². The molecule has 0 amide bonds. The Bertz CT molecular complexity index is 427. The Hall–Kier alpha value is -1.40. The molecule has 0 aliphatic carbocycles. The summed E-state index contributed by atoms with van der Waals surface area (Å²) in [5.74, 6) is 1.54. The first-order valence-corrected chi connectivity index (χ1v) is 5.78. The van der Waals surface area contributed by atoms with E-state index in [1.807, 2.05) is 19.1 Å². The molecule has 86 valence electrons. The van der Waals surface area contributed by atoms with Crippen LogP contribution in [-0.4, -0.2) is 21.1 Å². The molecule has 2 heterocycles. The van der Waals surface area contributed by atoms with Gasteiger partial charge in [0.1, 0.15) is 11.6 Å². The zero-order chi connectivity index (χ0) is 11.4. The van der Waals surface area contributed by atoms with Crippen molar-refractivity contribution in [3.63, 3.8) is 0 Å². The molecular formula is C10H13N3O2S. The fourth-order valence-corrected chi connectivity index (χ4v) is 2.04. The lowest BCUT2D eigenvalue weighted by Gasteiger charge is -2.13. The number of aryl methyl sites for hydroxylation is 1. The fraction of sp³-hybridized carbons (Fsp3) is 0.400. The molecule has 0 radical (unpaired) electrons. The van der Waals surface area contributed by atoms with Crippen molar-refractivity contribution in [1.29, 1.82) is 0 Å². The monoisotopic (exact) mass is 239 g/mol. The maximum Gasteiger partial charge on any atom is 0.203 e. The number of nitrogens with zero attached hydrogens (tertiary/aromatic N) is 2. The minimum absolute atomic E-state index is 0.0626. The zero-order valence-corrected chi connectivity index (χ0v) is 9.70. The molecular weight excluding hydrogens is 226 g/mol. The molecule has 2 aromatic rings. The van der Waals surface area contributed by atoms with Crippen LogP contribution in [0.15, 0.2) is 22.8 Å².